The number of hydrogen-bond acceptors (Lipinski definition) is 8. The first-order valence-electron chi connectivity index (χ1n) is 12.1. The molecule has 0 bridgehead atoms. The van der Waals surface area contributed by atoms with Gasteiger partial charge in [-0.3, -0.25) is 9.80 Å². The van der Waals surface area contributed by atoms with Crippen molar-refractivity contribution in [3.05, 3.63) is 47.3 Å². The molecule has 1 amide bonds. The van der Waals surface area contributed by atoms with Gasteiger partial charge in [0.05, 0.1) is 23.1 Å². The van der Waals surface area contributed by atoms with Crippen molar-refractivity contribution in [3.63, 3.8) is 0 Å². The lowest BCUT2D eigenvalue weighted by molar-refractivity contribution is 0.0606. The second-order valence-electron chi connectivity index (χ2n) is 9.65. The normalized spacial score (nSPS) is 22.4. The maximum absolute atomic E-state index is 13.6. The molecule has 0 unspecified atom stereocenters. The van der Waals surface area contributed by atoms with Crippen LogP contribution in [0.2, 0.25) is 0 Å². The van der Waals surface area contributed by atoms with Gasteiger partial charge in [0.25, 0.3) is 5.91 Å². The van der Waals surface area contributed by atoms with Crippen LogP contribution in [0.3, 0.4) is 0 Å². The Hall–Kier alpha value is -3.37. The predicted molar refractivity (Wildman–Crippen MR) is 132 cm³/mol. The molecule has 0 spiro atoms. The molecule has 5 heterocycles. The van der Waals surface area contributed by atoms with Crippen LogP contribution in [0.1, 0.15) is 53.3 Å². The molecule has 2 saturated heterocycles. The lowest BCUT2D eigenvalue weighted by Crippen LogP contribution is -2.38. The third kappa shape index (κ3) is 3.54. The van der Waals surface area contributed by atoms with E-state index in [1.807, 2.05) is 51.9 Å². The highest BCUT2D eigenvalue weighted by atomic mass is 16.2. The molecule has 3 aliphatic rings. The number of aromatic nitrogens is 3. The number of carbonyl (C=O) groups is 1. The van der Waals surface area contributed by atoms with Crippen LogP contribution in [0, 0.1) is 6.92 Å². The van der Waals surface area contributed by atoms with Gasteiger partial charge in [-0.05, 0) is 50.8 Å². The number of likely N-dealkylation sites (tertiary alicyclic amines) is 1. The maximum Gasteiger partial charge on any atom is 0.254 e. The summed E-state index contributed by atoms with van der Waals surface area (Å²) in [6.45, 7) is 4.55. The van der Waals surface area contributed by atoms with Crippen molar-refractivity contribution >= 4 is 28.7 Å². The van der Waals surface area contributed by atoms with Crippen molar-refractivity contribution in [1.82, 2.24) is 25.0 Å². The number of fused-ring (bicyclic) bond motifs is 2. The van der Waals surface area contributed by atoms with Crippen molar-refractivity contribution in [2.75, 3.05) is 42.0 Å². The van der Waals surface area contributed by atoms with Crippen molar-refractivity contribution in [1.29, 1.82) is 0 Å². The largest absolute Gasteiger partial charge is 0.355 e. The highest BCUT2D eigenvalue weighted by Gasteiger charge is 2.32. The van der Waals surface area contributed by atoms with Gasteiger partial charge in [-0.15, -0.1) is 5.53 Å². The van der Waals surface area contributed by atoms with Gasteiger partial charge in [-0.2, -0.15) is 5.10 Å². The summed E-state index contributed by atoms with van der Waals surface area (Å²) in [5.41, 5.74) is 17.7. The molecule has 10 nitrogen and oxygen atoms in total. The number of nitrogens with one attached hydrogen (secondary N) is 2. The molecule has 0 aliphatic carbocycles. The van der Waals surface area contributed by atoms with Crippen LogP contribution >= 0.6 is 0 Å². The maximum atomic E-state index is 13.6. The van der Waals surface area contributed by atoms with E-state index < -0.39 is 0 Å². The molecule has 2 aromatic heterocycles. The number of hydrazine groups is 2. The van der Waals surface area contributed by atoms with Crippen molar-refractivity contribution in [2.24, 2.45) is 5.73 Å². The topological polar surface area (TPSA) is 107 Å². The van der Waals surface area contributed by atoms with Crippen LogP contribution in [0.15, 0.2) is 30.5 Å². The Labute approximate surface area is 198 Å². The first-order chi connectivity index (χ1) is 16.5. The van der Waals surface area contributed by atoms with Crippen LogP contribution in [0.5, 0.6) is 0 Å². The zero-order valence-corrected chi connectivity index (χ0v) is 19.7. The van der Waals surface area contributed by atoms with E-state index in [9.17, 15) is 4.79 Å². The zero-order chi connectivity index (χ0) is 23.4. The van der Waals surface area contributed by atoms with E-state index in [2.05, 4.69) is 22.8 Å². The molecule has 3 aromatic rings. The Morgan fingerprint density at radius 3 is 2.88 bits per heavy atom. The summed E-state index contributed by atoms with van der Waals surface area (Å²) in [5, 5.41) is 6.75. The Morgan fingerprint density at radius 2 is 2.06 bits per heavy atom. The molecule has 6 rings (SSSR count). The van der Waals surface area contributed by atoms with Crippen LogP contribution < -0.4 is 26.6 Å². The number of rotatable bonds is 3. The third-order valence-corrected chi connectivity index (χ3v) is 7.22. The highest BCUT2D eigenvalue weighted by molar-refractivity contribution is 5.97. The van der Waals surface area contributed by atoms with Gasteiger partial charge in [-0.25, -0.2) is 9.50 Å². The quantitative estimate of drug-likeness (QED) is 0.545. The van der Waals surface area contributed by atoms with E-state index in [4.69, 9.17) is 15.8 Å². The monoisotopic (exact) mass is 461 g/mol. The summed E-state index contributed by atoms with van der Waals surface area (Å²) >= 11 is 0. The first-order valence-corrected chi connectivity index (χ1v) is 12.1. The molecule has 34 heavy (non-hydrogen) atoms. The molecule has 2 atom stereocenters. The van der Waals surface area contributed by atoms with Crippen LogP contribution in [0.4, 0.5) is 17.2 Å². The average molecular weight is 462 g/mol. The molecule has 1 aromatic carbocycles. The van der Waals surface area contributed by atoms with E-state index in [0.717, 1.165) is 79.4 Å². The molecule has 4 N–H and O–H groups in total. The van der Waals surface area contributed by atoms with Gasteiger partial charge in [0.1, 0.15) is 5.82 Å². The number of nitrogens with zero attached hydrogens (tertiary/aromatic N) is 6. The first kappa shape index (κ1) is 21.2. The Bertz CT molecular complexity index is 1250. The molecular weight excluding hydrogens is 430 g/mol. The second-order valence-corrected chi connectivity index (χ2v) is 9.65. The molecule has 2 fully saturated rings. The summed E-state index contributed by atoms with van der Waals surface area (Å²) in [7, 11) is 1.93. The number of hydrogen-bond donors (Lipinski definition) is 3. The fourth-order valence-electron chi connectivity index (χ4n) is 5.40. The second kappa shape index (κ2) is 8.14. The van der Waals surface area contributed by atoms with Crippen LogP contribution in [-0.2, 0) is 0 Å². The number of nitrogens with two attached hydrogens (primary N) is 1. The number of piperidine rings is 1. The third-order valence-electron chi connectivity index (χ3n) is 7.22. The summed E-state index contributed by atoms with van der Waals surface area (Å²) < 4.78 is 1.85. The minimum absolute atomic E-state index is 0.0387. The Balaban J connectivity index is 1.30. The minimum Gasteiger partial charge on any atom is -0.355 e. The highest BCUT2D eigenvalue weighted by Crippen LogP contribution is 2.34. The smallest absolute Gasteiger partial charge is 0.254 e. The predicted octanol–water partition coefficient (Wildman–Crippen LogP) is 2.22. The number of amides is 1. The zero-order valence-electron chi connectivity index (χ0n) is 19.7. The number of aryl methyl sites for hydroxylation is 1. The lowest BCUT2D eigenvalue weighted by atomic mass is 9.98. The van der Waals surface area contributed by atoms with Crippen molar-refractivity contribution in [3.8, 4) is 0 Å². The van der Waals surface area contributed by atoms with Gasteiger partial charge in [0.2, 0.25) is 0 Å². The molecule has 178 valence electrons. The van der Waals surface area contributed by atoms with Gasteiger partial charge in [-0.1, -0.05) is 0 Å². The van der Waals surface area contributed by atoms with Gasteiger partial charge in [0, 0.05) is 56.1 Å². The summed E-state index contributed by atoms with van der Waals surface area (Å²) in [6.07, 6.45) is 6.00. The molecular formula is C24H31N9O. The minimum atomic E-state index is -0.0612. The number of carbonyl (C=O) groups excluding carboxylic acids is 1. The van der Waals surface area contributed by atoms with Gasteiger partial charge < -0.3 is 21.0 Å². The number of anilines is 3. The SMILES string of the molecule is Cc1cn2nc([C@@H]3CCCCN3C(=O)c3ccc4c(c3)NNN4C)cc2nc1N1CC[C@H](N)C1. The fraction of sp³-hybridized carbons (Fsp3) is 0.458. The number of benzene rings is 1. The summed E-state index contributed by atoms with van der Waals surface area (Å²) in [6, 6.07) is 7.97. The van der Waals surface area contributed by atoms with Crippen LogP contribution in [-0.4, -0.2) is 58.1 Å². The average Bonchev–Trinajstić information content (AvgIpc) is 3.56. The lowest BCUT2D eigenvalue weighted by Gasteiger charge is -2.34. The van der Waals surface area contributed by atoms with Gasteiger partial charge in [0.15, 0.2) is 5.65 Å². The summed E-state index contributed by atoms with van der Waals surface area (Å²) in [4.78, 5) is 22.8. The van der Waals surface area contributed by atoms with E-state index >= 15 is 0 Å². The summed E-state index contributed by atoms with van der Waals surface area (Å²) in [5.74, 6) is 1.02. The van der Waals surface area contributed by atoms with Crippen molar-refractivity contribution in [2.45, 2.75) is 44.7 Å². The van der Waals surface area contributed by atoms with E-state index in [0.29, 0.717) is 5.56 Å². The van der Waals surface area contributed by atoms with E-state index in [1.165, 1.54) is 0 Å². The molecule has 10 heteroatoms. The molecule has 3 aliphatic heterocycles. The molecule has 0 radical (unpaired) electrons. The van der Waals surface area contributed by atoms with Crippen molar-refractivity contribution < 1.29 is 4.79 Å². The fourth-order valence-corrected chi connectivity index (χ4v) is 5.40. The van der Waals surface area contributed by atoms with Gasteiger partial charge >= 0.3 is 0 Å². The van der Waals surface area contributed by atoms with Crippen LogP contribution in [0.25, 0.3) is 5.65 Å². The Morgan fingerprint density at radius 1 is 1.18 bits per heavy atom. The standard InChI is InChI=1S/C24H31N9O/c1-15-13-33-22(26-23(15)31-10-8-17(25)14-31)12-19(28-33)21-5-3-4-9-32(21)24(34)16-6-7-20-18(11-16)27-29-30(20)2/h6-7,11-13,17,21,27,29H,3-5,8-10,14,25H2,1-2H3/t17-,21-/m0/s1. The Kier molecular flexibility index (Phi) is 5.07. The van der Waals surface area contributed by atoms with E-state index in [1.54, 1.807) is 0 Å². The van der Waals surface area contributed by atoms with E-state index in [-0.39, 0.29) is 18.0 Å². The molecule has 0 saturated carbocycles.